The van der Waals surface area contributed by atoms with Crippen LogP contribution in [0.5, 0.6) is 0 Å². The molecule has 55 heavy (non-hydrogen) atoms. The Morgan fingerprint density at radius 3 is 2.00 bits per heavy atom. The molecule has 0 bridgehead atoms. The number of hydrogen-bond acceptors (Lipinski definition) is 8. The lowest BCUT2D eigenvalue weighted by Crippen LogP contribution is -2.57. The molecule has 0 fully saturated rings. The van der Waals surface area contributed by atoms with Gasteiger partial charge in [0.1, 0.15) is 31.6 Å². The molecule has 0 saturated carbocycles. The largest absolute Gasteiger partial charge is 0.461 e. The predicted molar refractivity (Wildman–Crippen MR) is 207 cm³/mol. The zero-order valence-corrected chi connectivity index (χ0v) is 31.0. The van der Waals surface area contributed by atoms with Gasteiger partial charge in [0.05, 0.1) is 18.4 Å². The van der Waals surface area contributed by atoms with Crippen molar-refractivity contribution >= 4 is 40.9 Å². The van der Waals surface area contributed by atoms with Crippen molar-refractivity contribution in [1.82, 2.24) is 25.9 Å². The smallest absolute Gasteiger partial charge is 0.408 e. The Kier molecular flexibility index (Phi) is 14.7. The molecule has 286 valence electrons. The van der Waals surface area contributed by atoms with E-state index in [1.807, 2.05) is 117 Å². The van der Waals surface area contributed by atoms with E-state index >= 15 is 0 Å². The molecule has 0 aliphatic carbocycles. The van der Waals surface area contributed by atoms with E-state index in [9.17, 15) is 24.0 Å². The lowest BCUT2D eigenvalue weighted by molar-refractivity contribution is -0.147. The van der Waals surface area contributed by atoms with Crippen LogP contribution >= 0.6 is 0 Å². The maximum atomic E-state index is 14.2. The Morgan fingerprint density at radius 2 is 1.35 bits per heavy atom. The van der Waals surface area contributed by atoms with Crippen LogP contribution in [0.15, 0.2) is 116 Å². The summed E-state index contributed by atoms with van der Waals surface area (Å²) in [5.74, 6) is -2.63. The van der Waals surface area contributed by atoms with Gasteiger partial charge in [-0.25, -0.2) is 9.78 Å². The summed E-state index contributed by atoms with van der Waals surface area (Å²) in [6.07, 6.45) is 3.16. The monoisotopic (exact) mass is 745 g/mol. The number of rotatable bonds is 19. The first-order chi connectivity index (χ1) is 26.7. The molecule has 0 saturated heterocycles. The number of aromatic nitrogens is 2. The first-order valence-electron chi connectivity index (χ1n) is 18.4. The molecular formula is C43H47N5O7. The van der Waals surface area contributed by atoms with E-state index in [2.05, 4.69) is 25.9 Å². The third-order valence-electron chi connectivity index (χ3n) is 9.12. The second kappa shape index (κ2) is 20.2. The van der Waals surface area contributed by atoms with Crippen molar-refractivity contribution in [2.45, 2.75) is 70.9 Å². The number of amides is 3. The van der Waals surface area contributed by atoms with Crippen LogP contribution in [0.25, 0.3) is 10.8 Å². The third kappa shape index (κ3) is 12.4. The molecule has 0 unspecified atom stereocenters. The minimum absolute atomic E-state index is 0.000212. The Labute approximate surface area is 320 Å². The van der Waals surface area contributed by atoms with Crippen molar-refractivity contribution in [3.8, 4) is 0 Å². The van der Waals surface area contributed by atoms with Crippen molar-refractivity contribution < 1.29 is 33.4 Å². The summed E-state index contributed by atoms with van der Waals surface area (Å²) >= 11 is 0. The van der Waals surface area contributed by atoms with Gasteiger partial charge in [-0.15, -0.1) is 0 Å². The molecular weight excluding hydrogens is 699 g/mol. The topological polar surface area (TPSA) is 169 Å². The number of alkyl carbamates (subject to hydrolysis) is 1. The Morgan fingerprint density at radius 1 is 0.727 bits per heavy atom. The Balaban J connectivity index is 1.34. The fourth-order valence-electron chi connectivity index (χ4n) is 6.31. The number of nitrogens with one attached hydrogen (secondary N) is 4. The SMILES string of the molecule is CC(C)C[C@H](NC(=O)[C@H](Cc1c[nH]cn1)NC(=O)[C@H](Cc1cccc2ccccc12)NC(=O)OCc1ccccc1)[C@@H](C=O)CC(=O)OCc1ccccc1. The number of fused-ring (bicyclic) bond motifs is 1. The van der Waals surface area contributed by atoms with Gasteiger partial charge in [-0.3, -0.25) is 14.4 Å². The van der Waals surface area contributed by atoms with Gasteiger partial charge >= 0.3 is 12.1 Å². The summed E-state index contributed by atoms with van der Waals surface area (Å²) in [7, 11) is 0. The highest BCUT2D eigenvalue weighted by molar-refractivity contribution is 5.93. The molecule has 4 aromatic carbocycles. The quantitative estimate of drug-likeness (QED) is 0.0625. The van der Waals surface area contributed by atoms with Gasteiger partial charge in [0, 0.05) is 31.0 Å². The molecule has 12 nitrogen and oxygen atoms in total. The zero-order chi connectivity index (χ0) is 39.0. The second-order valence-corrected chi connectivity index (χ2v) is 13.8. The maximum absolute atomic E-state index is 14.2. The van der Waals surface area contributed by atoms with E-state index in [1.165, 1.54) is 6.33 Å². The molecule has 5 aromatic rings. The standard InChI is InChI=1S/C43H47N5O7/c1-29(2)20-37(34(25-49)22-40(50)54-26-30-12-5-3-6-13-30)46-42(52)39(23-35-24-44-28-45-35)47-41(51)38(48-43(53)55-27-31-14-7-4-8-15-31)21-33-18-11-17-32-16-9-10-19-36(32)33/h3-19,24-25,28-29,34,37-39H,20-23,26-27H2,1-2H3,(H,44,45)(H,46,52)(H,47,51)(H,48,53)/t34-,37+,38+,39+/m1/s1. The molecule has 0 aliphatic rings. The normalized spacial score (nSPS) is 13.2. The molecule has 0 spiro atoms. The molecule has 4 N–H and O–H groups in total. The van der Waals surface area contributed by atoms with E-state index in [0.717, 1.165) is 27.5 Å². The van der Waals surface area contributed by atoms with Gasteiger partial charge in [-0.1, -0.05) is 117 Å². The number of hydrogen-bond donors (Lipinski definition) is 4. The van der Waals surface area contributed by atoms with Crippen LogP contribution in [0.2, 0.25) is 0 Å². The minimum Gasteiger partial charge on any atom is -0.461 e. The number of esters is 1. The fraction of sp³-hybridized carbons (Fsp3) is 0.302. The van der Waals surface area contributed by atoms with Gasteiger partial charge in [0.25, 0.3) is 0 Å². The summed E-state index contributed by atoms with van der Waals surface area (Å²) in [5, 5.41) is 10.4. The first kappa shape index (κ1) is 39.9. The number of carbonyl (C=O) groups is 5. The van der Waals surface area contributed by atoms with Gasteiger partial charge in [-0.05, 0) is 39.8 Å². The van der Waals surface area contributed by atoms with Crippen molar-refractivity contribution in [1.29, 1.82) is 0 Å². The number of aldehydes is 1. The van der Waals surface area contributed by atoms with E-state index in [4.69, 9.17) is 9.47 Å². The van der Waals surface area contributed by atoms with Crippen LogP contribution in [0.4, 0.5) is 4.79 Å². The summed E-state index contributed by atoms with van der Waals surface area (Å²) in [6, 6.07) is 28.7. The van der Waals surface area contributed by atoms with Gasteiger partial charge in [0.15, 0.2) is 0 Å². The number of aromatic amines is 1. The van der Waals surface area contributed by atoms with Crippen LogP contribution < -0.4 is 16.0 Å². The number of carbonyl (C=O) groups excluding carboxylic acids is 5. The Hall–Kier alpha value is -6.30. The third-order valence-corrected chi connectivity index (χ3v) is 9.12. The van der Waals surface area contributed by atoms with E-state index in [0.29, 0.717) is 18.4 Å². The van der Waals surface area contributed by atoms with Crippen molar-refractivity contribution in [2.24, 2.45) is 11.8 Å². The highest BCUT2D eigenvalue weighted by atomic mass is 16.5. The average molecular weight is 746 g/mol. The lowest BCUT2D eigenvalue weighted by atomic mass is 9.90. The van der Waals surface area contributed by atoms with Crippen molar-refractivity contribution in [3.05, 3.63) is 138 Å². The minimum atomic E-state index is -1.17. The zero-order valence-electron chi connectivity index (χ0n) is 31.0. The summed E-state index contributed by atoms with van der Waals surface area (Å²) in [5.41, 5.74) is 2.88. The van der Waals surface area contributed by atoms with E-state index in [1.54, 1.807) is 6.20 Å². The van der Waals surface area contributed by atoms with Gasteiger partial charge in [-0.2, -0.15) is 0 Å². The van der Waals surface area contributed by atoms with Crippen molar-refractivity contribution in [3.63, 3.8) is 0 Å². The fourth-order valence-corrected chi connectivity index (χ4v) is 6.31. The predicted octanol–water partition coefficient (Wildman–Crippen LogP) is 5.61. The average Bonchev–Trinajstić information content (AvgIpc) is 3.71. The van der Waals surface area contributed by atoms with Crippen LogP contribution in [-0.4, -0.2) is 58.3 Å². The number of benzene rings is 4. The number of H-pyrrole nitrogens is 1. The summed E-state index contributed by atoms with van der Waals surface area (Å²) in [4.78, 5) is 73.9. The van der Waals surface area contributed by atoms with Crippen molar-refractivity contribution in [2.75, 3.05) is 0 Å². The summed E-state index contributed by atoms with van der Waals surface area (Å²) in [6.45, 7) is 3.93. The van der Waals surface area contributed by atoms with E-state index < -0.39 is 47.9 Å². The number of nitrogens with zero attached hydrogens (tertiary/aromatic N) is 1. The first-order valence-corrected chi connectivity index (χ1v) is 18.4. The van der Waals surface area contributed by atoms with Gasteiger partial charge in [0.2, 0.25) is 11.8 Å². The molecule has 12 heteroatoms. The highest BCUT2D eigenvalue weighted by Gasteiger charge is 2.32. The molecule has 1 heterocycles. The lowest BCUT2D eigenvalue weighted by Gasteiger charge is -2.28. The Bertz CT molecular complexity index is 2000. The van der Waals surface area contributed by atoms with Crippen LogP contribution in [0, 0.1) is 11.8 Å². The van der Waals surface area contributed by atoms with Crippen LogP contribution in [0.3, 0.4) is 0 Å². The molecule has 3 amide bonds. The highest BCUT2D eigenvalue weighted by Crippen LogP contribution is 2.21. The second-order valence-electron chi connectivity index (χ2n) is 13.8. The van der Waals surface area contributed by atoms with Crippen LogP contribution in [-0.2, 0) is 54.7 Å². The molecule has 5 rings (SSSR count). The van der Waals surface area contributed by atoms with E-state index in [-0.39, 0.29) is 38.4 Å². The number of imidazole rings is 1. The molecule has 4 atom stereocenters. The molecule has 0 radical (unpaired) electrons. The van der Waals surface area contributed by atoms with Crippen LogP contribution in [0.1, 0.15) is 49.1 Å². The van der Waals surface area contributed by atoms with Gasteiger partial charge < -0.3 is 35.2 Å². The molecule has 1 aromatic heterocycles. The number of ether oxygens (including phenoxy) is 2. The summed E-state index contributed by atoms with van der Waals surface area (Å²) < 4.78 is 10.9. The molecule has 0 aliphatic heterocycles. The maximum Gasteiger partial charge on any atom is 0.408 e.